The number of pyridine rings is 1. The van der Waals surface area contributed by atoms with Gasteiger partial charge in [-0.15, -0.1) is 0 Å². The van der Waals surface area contributed by atoms with Crippen molar-refractivity contribution in [1.29, 1.82) is 0 Å². The molecule has 2 aromatic rings. The van der Waals surface area contributed by atoms with Gasteiger partial charge in [-0.25, -0.2) is 0 Å². The van der Waals surface area contributed by atoms with Crippen LogP contribution in [0.4, 0.5) is 0 Å². The van der Waals surface area contributed by atoms with Crippen molar-refractivity contribution in [3.63, 3.8) is 0 Å². The first-order valence-corrected chi connectivity index (χ1v) is 6.53. The molecule has 1 heterocycles. The Labute approximate surface area is 114 Å². The molecule has 0 aliphatic carbocycles. The van der Waals surface area contributed by atoms with Crippen LogP contribution in [0.25, 0.3) is 0 Å². The number of benzene rings is 1. The van der Waals surface area contributed by atoms with Crippen molar-refractivity contribution in [2.45, 2.75) is 32.9 Å². The third kappa shape index (κ3) is 4.07. The van der Waals surface area contributed by atoms with Gasteiger partial charge in [0.05, 0.1) is 5.69 Å². The van der Waals surface area contributed by atoms with Gasteiger partial charge >= 0.3 is 0 Å². The van der Waals surface area contributed by atoms with Crippen molar-refractivity contribution in [3.8, 4) is 5.75 Å². The molecule has 0 amide bonds. The van der Waals surface area contributed by atoms with Crippen molar-refractivity contribution < 1.29 is 4.74 Å². The molecule has 1 aromatic carbocycles. The van der Waals surface area contributed by atoms with Crippen molar-refractivity contribution in [2.24, 2.45) is 5.73 Å². The number of rotatable bonds is 5. The molecule has 0 radical (unpaired) electrons. The van der Waals surface area contributed by atoms with E-state index in [2.05, 4.69) is 24.0 Å². The van der Waals surface area contributed by atoms with E-state index < -0.39 is 0 Å². The van der Waals surface area contributed by atoms with Crippen molar-refractivity contribution in [3.05, 3.63) is 59.4 Å². The van der Waals surface area contributed by atoms with Crippen LogP contribution in [0.3, 0.4) is 0 Å². The first-order chi connectivity index (χ1) is 9.15. The number of hydrogen-bond donors (Lipinski definition) is 1. The second kappa shape index (κ2) is 6.34. The van der Waals surface area contributed by atoms with Gasteiger partial charge in [0.25, 0.3) is 0 Å². The summed E-state index contributed by atoms with van der Waals surface area (Å²) in [7, 11) is 0. The van der Waals surface area contributed by atoms with Crippen molar-refractivity contribution in [1.82, 2.24) is 4.98 Å². The molecule has 3 nitrogen and oxygen atoms in total. The van der Waals surface area contributed by atoms with Gasteiger partial charge in [-0.2, -0.15) is 0 Å². The van der Waals surface area contributed by atoms with Crippen molar-refractivity contribution >= 4 is 0 Å². The molecular weight excluding hydrogens is 236 g/mol. The lowest BCUT2D eigenvalue weighted by molar-refractivity contribution is 0.297. The van der Waals surface area contributed by atoms with Gasteiger partial charge in [0, 0.05) is 12.2 Å². The topological polar surface area (TPSA) is 48.1 Å². The zero-order valence-electron chi connectivity index (χ0n) is 11.5. The number of hydrogen-bond acceptors (Lipinski definition) is 3. The van der Waals surface area contributed by atoms with Gasteiger partial charge in [-0.3, -0.25) is 4.98 Å². The van der Waals surface area contributed by atoms with E-state index in [9.17, 15) is 0 Å². The Morgan fingerprint density at radius 2 is 2.11 bits per heavy atom. The molecule has 1 aromatic heterocycles. The van der Waals surface area contributed by atoms with Crippen LogP contribution in [0.2, 0.25) is 0 Å². The second-order valence-electron chi connectivity index (χ2n) is 4.90. The molecule has 1 unspecified atom stereocenters. The van der Waals surface area contributed by atoms with E-state index in [1.807, 2.05) is 31.2 Å². The SMILES string of the molecule is Cc1ccc(OCc2ccccn2)c(CC(C)N)c1. The summed E-state index contributed by atoms with van der Waals surface area (Å²) in [6.45, 7) is 4.56. The smallest absolute Gasteiger partial charge is 0.130 e. The Hall–Kier alpha value is -1.87. The Morgan fingerprint density at radius 1 is 1.26 bits per heavy atom. The van der Waals surface area contributed by atoms with Gasteiger partial charge < -0.3 is 10.5 Å². The zero-order chi connectivity index (χ0) is 13.7. The molecule has 0 fully saturated rings. The van der Waals surface area contributed by atoms with Gasteiger partial charge in [-0.1, -0.05) is 23.8 Å². The van der Waals surface area contributed by atoms with E-state index in [1.54, 1.807) is 6.20 Å². The molecular formula is C16H20N2O. The third-order valence-electron chi connectivity index (χ3n) is 2.86. The summed E-state index contributed by atoms with van der Waals surface area (Å²) in [4.78, 5) is 4.25. The lowest BCUT2D eigenvalue weighted by Gasteiger charge is -2.13. The molecule has 2 N–H and O–H groups in total. The summed E-state index contributed by atoms with van der Waals surface area (Å²) in [5.74, 6) is 0.897. The maximum atomic E-state index is 5.88. The van der Waals surface area contributed by atoms with Gasteiger partial charge in [-0.05, 0) is 44.0 Å². The maximum Gasteiger partial charge on any atom is 0.130 e. The van der Waals surface area contributed by atoms with E-state index in [-0.39, 0.29) is 6.04 Å². The molecule has 0 bridgehead atoms. The van der Waals surface area contributed by atoms with E-state index >= 15 is 0 Å². The highest BCUT2D eigenvalue weighted by Gasteiger charge is 2.07. The molecule has 0 saturated heterocycles. The number of nitrogens with two attached hydrogens (primary N) is 1. The van der Waals surface area contributed by atoms with Crippen LogP contribution in [0.15, 0.2) is 42.6 Å². The molecule has 0 aliphatic heterocycles. The van der Waals surface area contributed by atoms with Crippen LogP contribution in [0.1, 0.15) is 23.7 Å². The quantitative estimate of drug-likeness (QED) is 0.894. The van der Waals surface area contributed by atoms with Crippen LogP contribution < -0.4 is 10.5 Å². The Kier molecular flexibility index (Phi) is 4.53. The molecule has 2 rings (SSSR count). The van der Waals surface area contributed by atoms with Crippen LogP contribution in [-0.4, -0.2) is 11.0 Å². The highest BCUT2D eigenvalue weighted by molar-refractivity contribution is 5.37. The minimum Gasteiger partial charge on any atom is -0.487 e. The molecule has 100 valence electrons. The molecule has 1 atom stereocenters. The Bertz CT molecular complexity index is 524. The lowest BCUT2D eigenvalue weighted by atomic mass is 10.0. The standard InChI is InChI=1S/C16H20N2O/c1-12-6-7-16(14(9-12)10-13(2)17)19-11-15-5-3-4-8-18-15/h3-9,13H,10-11,17H2,1-2H3. The second-order valence-corrected chi connectivity index (χ2v) is 4.90. The summed E-state index contributed by atoms with van der Waals surface area (Å²) in [6, 6.07) is 12.1. The summed E-state index contributed by atoms with van der Waals surface area (Å²) >= 11 is 0. The highest BCUT2D eigenvalue weighted by atomic mass is 16.5. The monoisotopic (exact) mass is 256 g/mol. The molecule has 0 aliphatic rings. The zero-order valence-corrected chi connectivity index (χ0v) is 11.5. The van der Waals surface area contributed by atoms with Gasteiger partial charge in [0.1, 0.15) is 12.4 Å². The minimum absolute atomic E-state index is 0.124. The maximum absolute atomic E-state index is 5.88. The minimum atomic E-state index is 0.124. The normalized spacial score (nSPS) is 12.2. The van der Waals surface area contributed by atoms with E-state index in [0.717, 1.165) is 23.4 Å². The van der Waals surface area contributed by atoms with E-state index in [4.69, 9.17) is 10.5 Å². The van der Waals surface area contributed by atoms with Crippen molar-refractivity contribution in [2.75, 3.05) is 0 Å². The average Bonchev–Trinajstić information content (AvgIpc) is 2.38. The van der Waals surface area contributed by atoms with Crippen LogP contribution >= 0.6 is 0 Å². The number of ether oxygens (including phenoxy) is 1. The molecule has 0 saturated carbocycles. The average molecular weight is 256 g/mol. The first-order valence-electron chi connectivity index (χ1n) is 6.53. The summed E-state index contributed by atoms with van der Waals surface area (Å²) in [6.07, 6.45) is 2.59. The lowest BCUT2D eigenvalue weighted by Crippen LogP contribution is -2.18. The fourth-order valence-corrected chi connectivity index (χ4v) is 1.99. The van der Waals surface area contributed by atoms with Crippen LogP contribution in [0.5, 0.6) is 5.75 Å². The molecule has 19 heavy (non-hydrogen) atoms. The fraction of sp³-hybridized carbons (Fsp3) is 0.312. The number of aryl methyl sites for hydroxylation is 1. The summed E-state index contributed by atoms with van der Waals surface area (Å²) in [5.41, 5.74) is 9.19. The number of aromatic nitrogens is 1. The highest BCUT2D eigenvalue weighted by Crippen LogP contribution is 2.22. The Morgan fingerprint density at radius 3 is 2.79 bits per heavy atom. The predicted molar refractivity (Wildman–Crippen MR) is 77.1 cm³/mol. The van der Waals surface area contributed by atoms with Gasteiger partial charge in [0.15, 0.2) is 0 Å². The molecule has 0 spiro atoms. The number of nitrogens with zero attached hydrogens (tertiary/aromatic N) is 1. The summed E-state index contributed by atoms with van der Waals surface area (Å²) in [5, 5.41) is 0. The van der Waals surface area contributed by atoms with E-state index in [1.165, 1.54) is 5.56 Å². The fourth-order valence-electron chi connectivity index (χ4n) is 1.99. The first kappa shape index (κ1) is 13.6. The summed E-state index contributed by atoms with van der Waals surface area (Å²) < 4.78 is 5.86. The van der Waals surface area contributed by atoms with E-state index in [0.29, 0.717) is 6.61 Å². The van der Waals surface area contributed by atoms with Crippen LogP contribution in [-0.2, 0) is 13.0 Å². The predicted octanol–water partition coefficient (Wildman–Crippen LogP) is 2.86. The van der Waals surface area contributed by atoms with Gasteiger partial charge in [0.2, 0.25) is 0 Å². The Balaban J connectivity index is 2.11. The third-order valence-corrected chi connectivity index (χ3v) is 2.86. The molecule has 3 heteroatoms. The van der Waals surface area contributed by atoms with Crippen LogP contribution in [0, 0.1) is 6.92 Å². The largest absolute Gasteiger partial charge is 0.487 e.